The first-order chi connectivity index (χ1) is 23.6. The molecule has 0 atom stereocenters. The fourth-order valence-electron chi connectivity index (χ4n) is 5.78. The Hall–Kier alpha value is -5.91. The molecule has 1 amide bonds. The number of pyridine rings is 1. The van der Waals surface area contributed by atoms with Gasteiger partial charge in [0.15, 0.2) is 17.5 Å². The summed E-state index contributed by atoms with van der Waals surface area (Å²) < 4.78 is 59.0. The number of rotatable bonds is 9. The van der Waals surface area contributed by atoms with E-state index in [-0.39, 0.29) is 37.2 Å². The zero-order valence-corrected chi connectivity index (χ0v) is 26.0. The molecule has 1 saturated heterocycles. The maximum atomic E-state index is 14.5. The van der Waals surface area contributed by atoms with Gasteiger partial charge in [0, 0.05) is 68.6 Å². The predicted molar refractivity (Wildman–Crippen MR) is 176 cm³/mol. The summed E-state index contributed by atoms with van der Waals surface area (Å²) in [5, 5.41) is 11.0. The quantitative estimate of drug-likeness (QED) is 0.0721. The van der Waals surface area contributed by atoms with Crippen molar-refractivity contribution in [3.63, 3.8) is 0 Å². The van der Waals surface area contributed by atoms with Crippen LogP contribution in [0.2, 0.25) is 0 Å². The van der Waals surface area contributed by atoms with E-state index in [1.165, 1.54) is 35.4 Å². The standard InChI is InChI=1S/C37H30F4N4O4/c38-27-5-3-4-24(19-27)22-45-23-25(18-26-6-11-31(39)35(41)34(26)40)20-30(36(45)48)32(46)21-33(47)37(49)44-16-14-43(15-17-44)29-9-7-28(8-10-29)42-12-1-2-13-42/h1-13,19-21,23,46H,14-18,22H2. The summed E-state index contributed by atoms with van der Waals surface area (Å²) in [6.07, 6.45) is 5.53. The first kappa shape index (κ1) is 33.0. The second-order valence-corrected chi connectivity index (χ2v) is 11.6. The zero-order valence-electron chi connectivity index (χ0n) is 26.0. The molecule has 5 aromatic rings. The lowest BCUT2D eigenvalue weighted by molar-refractivity contribution is -0.142. The van der Waals surface area contributed by atoms with Crippen LogP contribution in [0.25, 0.3) is 11.4 Å². The fraction of sp³-hybridized carbons (Fsp3) is 0.162. The predicted octanol–water partition coefficient (Wildman–Crippen LogP) is 5.65. The van der Waals surface area contributed by atoms with Crippen LogP contribution in [0.15, 0.2) is 108 Å². The molecule has 0 unspecified atom stereocenters. The van der Waals surface area contributed by atoms with Gasteiger partial charge < -0.3 is 24.0 Å². The number of halogens is 4. The molecule has 1 aliphatic rings. The monoisotopic (exact) mass is 670 g/mol. The topological polar surface area (TPSA) is 87.8 Å². The average molecular weight is 671 g/mol. The number of aromatic nitrogens is 2. The van der Waals surface area contributed by atoms with E-state index < -0.39 is 51.8 Å². The Kier molecular flexibility index (Phi) is 9.47. The number of carbonyl (C=O) groups excluding carboxylic acids is 2. The van der Waals surface area contributed by atoms with Crippen LogP contribution in [0, 0.1) is 23.3 Å². The Morgan fingerprint density at radius 1 is 0.776 bits per heavy atom. The van der Waals surface area contributed by atoms with Gasteiger partial charge in [0.05, 0.1) is 12.1 Å². The van der Waals surface area contributed by atoms with E-state index in [2.05, 4.69) is 4.90 Å². The van der Waals surface area contributed by atoms with Crippen molar-refractivity contribution in [1.29, 1.82) is 0 Å². The van der Waals surface area contributed by atoms with Gasteiger partial charge >= 0.3 is 0 Å². The van der Waals surface area contributed by atoms with Crippen molar-refractivity contribution in [1.82, 2.24) is 14.0 Å². The van der Waals surface area contributed by atoms with Crippen molar-refractivity contribution in [3.8, 4) is 5.69 Å². The average Bonchev–Trinajstić information content (AvgIpc) is 3.65. The van der Waals surface area contributed by atoms with Gasteiger partial charge in [-0.2, -0.15) is 0 Å². The van der Waals surface area contributed by atoms with Crippen molar-refractivity contribution in [3.05, 3.63) is 159 Å². The van der Waals surface area contributed by atoms with Crippen molar-refractivity contribution >= 4 is 23.1 Å². The molecule has 1 fully saturated rings. The maximum absolute atomic E-state index is 14.5. The molecule has 2 aromatic heterocycles. The Labute approximate surface area is 278 Å². The van der Waals surface area contributed by atoms with Crippen molar-refractivity contribution < 1.29 is 32.3 Å². The lowest BCUT2D eigenvalue weighted by atomic mass is 10.0. The summed E-state index contributed by atoms with van der Waals surface area (Å²) >= 11 is 0. The third-order valence-corrected chi connectivity index (χ3v) is 8.33. The molecular formula is C37H30F4N4O4. The van der Waals surface area contributed by atoms with Crippen LogP contribution >= 0.6 is 0 Å². The summed E-state index contributed by atoms with van der Waals surface area (Å²) in [7, 11) is 0. The maximum Gasteiger partial charge on any atom is 0.294 e. The lowest BCUT2D eigenvalue weighted by Crippen LogP contribution is -2.50. The van der Waals surface area contributed by atoms with Gasteiger partial charge in [-0.3, -0.25) is 14.4 Å². The number of benzene rings is 3. The lowest BCUT2D eigenvalue weighted by Gasteiger charge is -2.35. The van der Waals surface area contributed by atoms with Crippen LogP contribution < -0.4 is 10.5 Å². The van der Waals surface area contributed by atoms with Gasteiger partial charge in [0.1, 0.15) is 11.6 Å². The smallest absolute Gasteiger partial charge is 0.294 e. The molecule has 250 valence electrons. The first-order valence-corrected chi connectivity index (χ1v) is 15.4. The number of hydrogen-bond donors (Lipinski definition) is 1. The Balaban J connectivity index is 1.20. The normalized spacial score (nSPS) is 13.5. The third-order valence-electron chi connectivity index (χ3n) is 8.33. The molecular weight excluding hydrogens is 640 g/mol. The molecule has 0 bridgehead atoms. The molecule has 8 nitrogen and oxygen atoms in total. The molecule has 3 aromatic carbocycles. The molecule has 12 heteroatoms. The Morgan fingerprint density at radius 2 is 1.47 bits per heavy atom. The van der Waals surface area contributed by atoms with E-state index >= 15 is 0 Å². The number of nitrogens with zero attached hydrogens (tertiary/aromatic N) is 4. The summed E-state index contributed by atoms with van der Waals surface area (Å²) in [6, 6.07) is 20.2. The van der Waals surface area contributed by atoms with Crippen LogP contribution in [-0.4, -0.2) is 57.0 Å². The number of hydrogen-bond acceptors (Lipinski definition) is 5. The van der Waals surface area contributed by atoms with Crippen LogP contribution in [-0.2, 0) is 22.6 Å². The number of aliphatic hydroxyl groups excluding tert-OH is 1. The van der Waals surface area contributed by atoms with E-state index in [4.69, 9.17) is 0 Å². The summed E-state index contributed by atoms with van der Waals surface area (Å²) in [4.78, 5) is 43.0. The van der Waals surface area contributed by atoms with Gasteiger partial charge in [0.2, 0.25) is 5.78 Å². The molecule has 1 aliphatic heterocycles. The molecule has 6 rings (SSSR count). The summed E-state index contributed by atoms with van der Waals surface area (Å²) in [6.45, 7) is 1.25. The number of amides is 1. The van der Waals surface area contributed by atoms with E-state index in [1.54, 1.807) is 6.07 Å². The third kappa shape index (κ3) is 7.33. The second kappa shape index (κ2) is 14.1. The van der Waals surface area contributed by atoms with Gasteiger partial charge in [-0.15, -0.1) is 0 Å². The van der Waals surface area contributed by atoms with E-state index in [1.807, 2.05) is 53.4 Å². The van der Waals surface area contributed by atoms with Crippen LogP contribution in [0.3, 0.4) is 0 Å². The molecule has 3 heterocycles. The molecule has 0 aliphatic carbocycles. The Morgan fingerprint density at radius 3 is 2.16 bits per heavy atom. The van der Waals surface area contributed by atoms with Crippen LogP contribution in [0.4, 0.5) is 23.2 Å². The first-order valence-electron chi connectivity index (χ1n) is 15.4. The molecule has 49 heavy (non-hydrogen) atoms. The van der Waals surface area contributed by atoms with Gasteiger partial charge in [0.25, 0.3) is 11.5 Å². The van der Waals surface area contributed by atoms with E-state index in [9.17, 15) is 37.1 Å². The molecule has 0 radical (unpaired) electrons. The van der Waals surface area contributed by atoms with Gasteiger partial charge in [-0.05, 0) is 77.4 Å². The number of piperazine rings is 1. The van der Waals surface area contributed by atoms with Crippen LogP contribution in [0.1, 0.15) is 22.3 Å². The van der Waals surface area contributed by atoms with Gasteiger partial charge in [-0.25, -0.2) is 17.6 Å². The minimum absolute atomic E-state index is 0.169. The van der Waals surface area contributed by atoms with Crippen molar-refractivity contribution in [2.24, 2.45) is 0 Å². The van der Waals surface area contributed by atoms with Crippen molar-refractivity contribution in [2.45, 2.75) is 13.0 Å². The summed E-state index contributed by atoms with van der Waals surface area (Å²) in [5.74, 6) is -7.74. The highest BCUT2D eigenvalue weighted by atomic mass is 19.2. The van der Waals surface area contributed by atoms with E-state index in [0.29, 0.717) is 24.7 Å². The largest absolute Gasteiger partial charge is 0.507 e. The zero-order chi connectivity index (χ0) is 34.7. The number of anilines is 1. The SMILES string of the molecule is O=C(C=C(O)c1cc(Cc2ccc(F)c(F)c2F)cn(Cc2cccc(F)c2)c1=O)C(=O)N1CCN(c2ccc(-n3cccc3)cc2)CC1. The van der Waals surface area contributed by atoms with Crippen LogP contribution in [0.5, 0.6) is 0 Å². The molecule has 0 spiro atoms. The minimum atomic E-state index is -1.66. The highest BCUT2D eigenvalue weighted by molar-refractivity contribution is 6.41. The van der Waals surface area contributed by atoms with Gasteiger partial charge in [-0.1, -0.05) is 18.2 Å². The number of carbonyl (C=O) groups is 2. The number of ketones is 1. The second-order valence-electron chi connectivity index (χ2n) is 11.6. The highest BCUT2D eigenvalue weighted by Crippen LogP contribution is 2.22. The molecule has 0 saturated carbocycles. The number of aliphatic hydroxyl groups is 1. The summed E-state index contributed by atoms with van der Waals surface area (Å²) in [5.41, 5.74) is 1.12. The minimum Gasteiger partial charge on any atom is -0.507 e. The Bertz CT molecular complexity index is 2100. The fourth-order valence-corrected chi connectivity index (χ4v) is 5.78. The van der Waals surface area contributed by atoms with E-state index in [0.717, 1.165) is 28.1 Å². The highest BCUT2D eigenvalue weighted by Gasteiger charge is 2.26. The van der Waals surface area contributed by atoms with Crippen molar-refractivity contribution in [2.75, 3.05) is 31.1 Å². The molecule has 1 N–H and O–H groups in total.